The number of carbonyl (C=O) groups excluding carboxylic acids is 1. The van der Waals surface area contributed by atoms with Gasteiger partial charge in [-0.3, -0.25) is 4.79 Å². The molecule has 0 aromatic heterocycles. The van der Waals surface area contributed by atoms with Crippen molar-refractivity contribution < 1.29 is 9.53 Å². The predicted molar refractivity (Wildman–Crippen MR) is 77.8 cm³/mol. The zero-order valence-corrected chi connectivity index (χ0v) is 11.7. The minimum atomic E-state index is -0.439. The van der Waals surface area contributed by atoms with Crippen LogP contribution >= 0.6 is 15.9 Å². The summed E-state index contributed by atoms with van der Waals surface area (Å²) in [6.45, 7) is 0.390. The second-order valence-electron chi connectivity index (χ2n) is 4.01. The third-order valence-electron chi connectivity index (χ3n) is 2.63. The second-order valence-corrected chi connectivity index (χ2v) is 4.80. The third kappa shape index (κ3) is 3.26. The Morgan fingerprint density at radius 1 is 1.16 bits per heavy atom. The largest absolute Gasteiger partial charge is 0.488 e. The Kier molecular flexibility index (Phi) is 4.06. The van der Waals surface area contributed by atoms with Crippen LogP contribution < -0.4 is 16.2 Å². The van der Waals surface area contributed by atoms with Gasteiger partial charge in [-0.05, 0) is 45.8 Å². The van der Waals surface area contributed by atoms with E-state index >= 15 is 0 Å². The summed E-state index contributed by atoms with van der Waals surface area (Å²) in [5, 5.41) is 0. The van der Waals surface area contributed by atoms with Gasteiger partial charge in [-0.25, -0.2) is 0 Å². The molecule has 0 spiro atoms. The summed E-state index contributed by atoms with van der Waals surface area (Å²) in [4.78, 5) is 10.9. The van der Waals surface area contributed by atoms with Crippen molar-refractivity contribution in [3.63, 3.8) is 0 Å². The monoisotopic (exact) mass is 320 g/mol. The Labute approximate surface area is 119 Å². The van der Waals surface area contributed by atoms with Crippen molar-refractivity contribution in [3.05, 3.63) is 58.1 Å². The standard InChI is InChI=1S/C14H13BrN2O2/c15-13-11(16)2-1-3-12(13)19-8-9-4-6-10(7-5-9)14(17)18/h1-7H,8,16H2,(H2,17,18). The molecule has 0 saturated carbocycles. The van der Waals surface area contributed by atoms with Crippen molar-refractivity contribution in [2.24, 2.45) is 5.73 Å². The number of nitrogens with two attached hydrogens (primary N) is 2. The van der Waals surface area contributed by atoms with E-state index in [0.717, 1.165) is 10.0 Å². The molecule has 2 rings (SSSR count). The normalized spacial score (nSPS) is 10.2. The van der Waals surface area contributed by atoms with Gasteiger partial charge in [0.15, 0.2) is 0 Å². The van der Waals surface area contributed by atoms with Crippen molar-refractivity contribution in [1.82, 2.24) is 0 Å². The first-order valence-electron chi connectivity index (χ1n) is 5.63. The zero-order chi connectivity index (χ0) is 13.8. The van der Waals surface area contributed by atoms with Crippen molar-refractivity contribution >= 4 is 27.5 Å². The van der Waals surface area contributed by atoms with Crippen LogP contribution in [0.1, 0.15) is 15.9 Å². The van der Waals surface area contributed by atoms with Gasteiger partial charge in [0.2, 0.25) is 5.91 Å². The van der Waals surface area contributed by atoms with E-state index in [2.05, 4.69) is 15.9 Å². The molecule has 0 fully saturated rings. The maximum atomic E-state index is 10.9. The molecule has 4 nitrogen and oxygen atoms in total. The maximum absolute atomic E-state index is 10.9. The molecule has 0 unspecified atom stereocenters. The van der Waals surface area contributed by atoms with E-state index in [4.69, 9.17) is 16.2 Å². The van der Waals surface area contributed by atoms with Gasteiger partial charge in [-0.2, -0.15) is 0 Å². The van der Waals surface area contributed by atoms with E-state index in [1.807, 2.05) is 12.1 Å². The van der Waals surface area contributed by atoms with Gasteiger partial charge in [0.05, 0.1) is 4.47 Å². The molecule has 0 saturated heterocycles. The van der Waals surface area contributed by atoms with Gasteiger partial charge in [0.1, 0.15) is 12.4 Å². The first-order valence-corrected chi connectivity index (χ1v) is 6.43. The number of rotatable bonds is 4. The average Bonchev–Trinajstić information content (AvgIpc) is 2.41. The molecule has 4 N–H and O–H groups in total. The van der Waals surface area contributed by atoms with E-state index < -0.39 is 5.91 Å². The molecule has 0 heterocycles. The fourth-order valence-electron chi connectivity index (χ4n) is 1.57. The summed E-state index contributed by atoms with van der Waals surface area (Å²) in [5.74, 6) is 0.241. The lowest BCUT2D eigenvalue weighted by Crippen LogP contribution is -2.10. The number of carbonyl (C=O) groups is 1. The summed E-state index contributed by atoms with van der Waals surface area (Å²) < 4.78 is 6.40. The second kappa shape index (κ2) is 5.75. The van der Waals surface area contributed by atoms with Gasteiger partial charge in [0, 0.05) is 11.3 Å². The van der Waals surface area contributed by atoms with Gasteiger partial charge in [-0.1, -0.05) is 18.2 Å². The topological polar surface area (TPSA) is 78.3 Å². The summed E-state index contributed by atoms with van der Waals surface area (Å²) >= 11 is 3.37. The maximum Gasteiger partial charge on any atom is 0.248 e. The number of anilines is 1. The van der Waals surface area contributed by atoms with Crippen LogP contribution in [0.5, 0.6) is 5.75 Å². The first kappa shape index (κ1) is 13.4. The van der Waals surface area contributed by atoms with Crippen molar-refractivity contribution in [2.75, 3.05) is 5.73 Å². The lowest BCUT2D eigenvalue weighted by molar-refractivity contribution is 0.1000. The molecule has 19 heavy (non-hydrogen) atoms. The summed E-state index contributed by atoms with van der Waals surface area (Å²) in [5.41, 5.74) is 13.0. The molecule has 2 aromatic rings. The summed E-state index contributed by atoms with van der Waals surface area (Å²) in [6.07, 6.45) is 0. The van der Waals surface area contributed by atoms with Crippen LogP contribution in [0.25, 0.3) is 0 Å². The lowest BCUT2D eigenvalue weighted by Gasteiger charge is -2.09. The highest BCUT2D eigenvalue weighted by molar-refractivity contribution is 9.10. The number of hydrogen-bond acceptors (Lipinski definition) is 3. The Hall–Kier alpha value is -2.01. The predicted octanol–water partition coefficient (Wildman–Crippen LogP) is 2.71. The number of benzene rings is 2. The molecule has 0 radical (unpaired) electrons. The number of primary amides is 1. The fraction of sp³-hybridized carbons (Fsp3) is 0.0714. The Bertz CT molecular complexity index is 597. The molecular weight excluding hydrogens is 308 g/mol. The van der Waals surface area contributed by atoms with Crippen molar-refractivity contribution in [2.45, 2.75) is 6.61 Å². The van der Waals surface area contributed by atoms with Gasteiger partial charge >= 0.3 is 0 Å². The minimum absolute atomic E-state index is 0.390. The van der Waals surface area contributed by atoms with Crippen LogP contribution in [0.2, 0.25) is 0 Å². The van der Waals surface area contributed by atoms with Crippen LogP contribution in [0.3, 0.4) is 0 Å². The molecule has 2 aromatic carbocycles. The Morgan fingerprint density at radius 3 is 2.47 bits per heavy atom. The fourth-order valence-corrected chi connectivity index (χ4v) is 1.94. The van der Waals surface area contributed by atoms with E-state index in [0.29, 0.717) is 23.6 Å². The molecule has 98 valence electrons. The molecular formula is C14H13BrN2O2. The van der Waals surface area contributed by atoms with Gasteiger partial charge in [0.25, 0.3) is 0 Å². The smallest absolute Gasteiger partial charge is 0.248 e. The lowest BCUT2D eigenvalue weighted by atomic mass is 10.1. The van der Waals surface area contributed by atoms with E-state index in [9.17, 15) is 4.79 Å². The quantitative estimate of drug-likeness (QED) is 0.850. The number of halogens is 1. The Balaban J connectivity index is 2.06. The van der Waals surface area contributed by atoms with E-state index in [1.54, 1.807) is 30.3 Å². The summed E-state index contributed by atoms with van der Waals surface area (Å²) in [6, 6.07) is 12.4. The van der Waals surface area contributed by atoms with Crippen LogP contribution in [0.15, 0.2) is 46.9 Å². The van der Waals surface area contributed by atoms with Crippen molar-refractivity contribution in [1.29, 1.82) is 0 Å². The molecule has 5 heteroatoms. The molecule has 0 bridgehead atoms. The third-order valence-corrected chi connectivity index (χ3v) is 3.47. The van der Waals surface area contributed by atoms with Crippen LogP contribution in [-0.2, 0) is 6.61 Å². The van der Waals surface area contributed by atoms with Gasteiger partial charge in [-0.15, -0.1) is 0 Å². The number of amides is 1. The Morgan fingerprint density at radius 2 is 1.84 bits per heavy atom. The van der Waals surface area contributed by atoms with Gasteiger partial charge < -0.3 is 16.2 Å². The molecule has 0 atom stereocenters. The summed E-state index contributed by atoms with van der Waals surface area (Å²) in [7, 11) is 0. The SMILES string of the molecule is NC(=O)c1ccc(COc2cccc(N)c2Br)cc1. The zero-order valence-electron chi connectivity index (χ0n) is 10.1. The minimum Gasteiger partial charge on any atom is -0.488 e. The number of hydrogen-bond donors (Lipinski definition) is 2. The average molecular weight is 321 g/mol. The molecule has 1 amide bonds. The van der Waals surface area contributed by atoms with Crippen molar-refractivity contribution in [3.8, 4) is 5.75 Å². The van der Waals surface area contributed by atoms with Crippen LogP contribution in [0.4, 0.5) is 5.69 Å². The highest BCUT2D eigenvalue weighted by atomic mass is 79.9. The molecule has 0 aliphatic carbocycles. The number of ether oxygens (including phenoxy) is 1. The molecule has 0 aliphatic rings. The first-order chi connectivity index (χ1) is 9.08. The highest BCUT2D eigenvalue weighted by Crippen LogP contribution is 2.30. The number of nitrogen functional groups attached to an aromatic ring is 1. The van der Waals surface area contributed by atoms with Crippen LogP contribution in [0, 0.1) is 0 Å². The van der Waals surface area contributed by atoms with Crippen LogP contribution in [-0.4, -0.2) is 5.91 Å². The van der Waals surface area contributed by atoms with E-state index in [-0.39, 0.29) is 0 Å². The highest BCUT2D eigenvalue weighted by Gasteiger charge is 2.05. The van der Waals surface area contributed by atoms with E-state index in [1.165, 1.54) is 0 Å². The molecule has 0 aliphatic heterocycles.